The average molecular weight is 276 g/mol. The van der Waals surface area contributed by atoms with Crippen molar-refractivity contribution >= 4 is 5.78 Å². The largest absolute Gasteiger partial charge is 0.461 e. The fraction of sp³-hybridized carbons (Fsp3) is 0.429. The molecule has 0 N–H and O–H groups in total. The topological polar surface area (TPSA) is 68.7 Å². The molecule has 6 nitrogen and oxygen atoms in total. The van der Waals surface area contributed by atoms with E-state index in [4.69, 9.17) is 13.7 Å². The van der Waals surface area contributed by atoms with Crippen molar-refractivity contribution in [3.05, 3.63) is 42.2 Å². The van der Waals surface area contributed by atoms with E-state index in [1.165, 1.54) is 6.26 Å². The van der Waals surface area contributed by atoms with Crippen LogP contribution in [0.3, 0.4) is 0 Å². The summed E-state index contributed by atoms with van der Waals surface area (Å²) in [5.74, 6) is 0.396. The predicted octanol–water partition coefficient (Wildman–Crippen LogP) is 1.74. The highest BCUT2D eigenvalue weighted by atomic mass is 16.5. The number of ketones is 1. The zero-order valence-electron chi connectivity index (χ0n) is 11.0. The maximum atomic E-state index is 12.1. The van der Waals surface area contributed by atoms with Crippen LogP contribution in [0, 0.1) is 0 Å². The Labute approximate surface area is 116 Å². The van der Waals surface area contributed by atoms with Crippen LogP contribution in [0.15, 0.2) is 39.7 Å². The van der Waals surface area contributed by atoms with Gasteiger partial charge >= 0.3 is 0 Å². The first-order valence-electron chi connectivity index (χ1n) is 6.60. The number of carbonyl (C=O) groups excluding carboxylic acids is 1. The Bertz CT molecular complexity index is 536. The van der Waals surface area contributed by atoms with Gasteiger partial charge in [0.05, 0.1) is 25.2 Å². The Balaban J connectivity index is 1.64. The van der Waals surface area contributed by atoms with Gasteiger partial charge in [0.15, 0.2) is 11.5 Å². The lowest BCUT2D eigenvalue weighted by molar-refractivity contribution is -0.0136. The van der Waals surface area contributed by atoms with Crippen molar-refractivity contribution in [2.75, 3.05) is 19.8 Å². The lowest BCUT2D eigenvalue weighted by atomic mass is 10.1. The normalized spacial score (nSPS) is 20.1. The molecule has 3 heterocycles. The maximum absolute atomic E-state index is 12.1. The second-order valence-corrected chi connectivity index (χ2v) is 4.79. The first kappa shape index (κ1) is 13.1. The molecule has 6 heteroatoms. The number of nitrogens with zero attached hydrogens (tertiary/aromatic N) is 2. The SMILES string of the molecule is O=C(C[C@@H]1COCCN1Cc1ccon1)c1ccco1. The monoisotopic (exact) mass is 276 g/mol. The Morgan fingerprint density at radius 1 is 1.40 bits per heavy atom. The van der Waals surface area contributed by atoms with Gasteiger partial charge in [0, 0.05) is 31.6 Å². The van der Waals surface area contributed by atoms with E-state index in [1.807, 2.05) is 6.07 Å². The number of hydrogen-bond donors (Lipinski definition) is 0. The number of hydrogen-bond acceptors (Lipinski definition) is 6. The molecule has 1 aliphatic rings. The van der Waals surface area contributed by atoms with Crippen molar-refractivity contribution < 1.29 is 18.5 Å². The summed E-state index contributed by atoms with van der Waals surface area (Å²) in [6, 6.07) is 5.28. The average Bonchev–Trinajstić information content (AvgIpc) is 3.13. The van der Waals surface area contributed by atoms with E-state index in [9.17, 15) is 4.79 Å². The van der Waals surface area contributed by atoms with Crippen LogP contribution in [0.5, 0.6) is 0 Å². The number of Topliss-reactive ketones (excluding diaryl/α,β-unsaturated/α-hetero) is 1. The number of aromatic nitrogens is 1. The van der Waals surface area contributed by atoms with Crippen LogP contribution >= 0.6 is 0 Å². The van der Waals surface area contributed by atoms with Crippen molar-refractivity contribution in [1.29, 1.82) is 0 Å². The molecule has 106 valence electrons. The van der Waals surface area contributed by atoms with Gasteiger partial charge in [-0.15, -0.1) is 0 Å². The van der Waals surface area contributed by atoms with Gasteiger partial charge in [0.1, 0.15) is 6.26 Å². The number of ether oxygens (including phenoxy) is 1. The van der Waals surface area contributed by atoms with E-state index in [0.29, 0.717) is 31.9 Å². The van der Waals surface area contributed by atoms with Gasteiger partial charge in [-0.2, -0.15) is 0 Å². The lowest BCUT2D eigenvalue weighted by Gasteiger charge is -2.34. The minimum Gasteiger partial charge on any atom is -0.461 e. The minimum atomic E-state index is -0.00403. The summed E-state index contributed by atoms with van der Waals surface area (Å²) in [5, 5.41) is 3.91. The predicted molar refractivity (Wildman–Crippen MR) is 69.2 cm³/mol. The minimum absolute atomic E-state index is 0.00403. The summed E-state index contributed by atoms with van der Waals surface area (Å²) in [6.45, 7) is 2.66. The first-order valence-corrected chi connectivity index (χ1v) is 6.60. The molecule has 0 bridgehead atoms. The molecule has 1 atom stereocenters. The first-order chi connectivity index (χ1) is 9.83. The molecule has 0 aliphatic carbocycles. The summed E-state index contributed by atoms with van der Waals surface area (Å²) >= 11 is 0. The van der Waals surface area contributed by atoms with Crippen LogP contribution in [0.2, 0.25) is 0 Å². The highest BCUT2D eigenvalue weighted by molar-refractivity contribution is 5.93. The van der Waals surface area contributed by atoms with Crippen LogP contribution in [0.1, 0.15) is 22.7 Å². The Morgan fingerprint density at radius 3 is 3.10 bits per heavy atom. The molecule has 2 aromatic rings. The van der Waals surface area contributed by atoms with Crippen molar-refractivity contribution in [1.82, 2.24) is 10.1 Å². The molecule has 1 saturated heterocycles. The molecule has 0 amide bonds. The summed E-state index contributed by atoms with van der Waals surface area (Å²) in [5.41, 5.74) is 0.863. The Kier molecular flexibility index (Phi) is 3.94. The molecule has 0 spiro atoms. The summed E-state index contributed by atoms with van der Waals surface area (Å²) in [6.07, 6.45) is 3.45. The van der Waals surface area contributed by atoms with Gasteiger partial charge in [-0.3, -0.25) is 9.69 Å². The zero-order chi connectivity index (χ0) is 13.8. The van der Waals surface area contributed by atoms with Gasteiger partial charge in [0.25, 0.3) is 0 Å². The molecule has 2 aromatic heterocycles. The summed E-state index contributed by atoms with van der Waals surface area (Å²) in [7, 11) is 0. The maximum Gasteiger partial charge on any atom is 0.199 e. The van der Waals surface area contributed by atoms with Crippen molar-refractivity contribution in [2.24, 2.45) is 0 Å². The molecule has 3 rings (SSSR count). The zero-order valence-corrected chi connectivity index (χ0v) is 11.0. The van der Waals surface area contributed by atoms with E-state index < -0.39 is 0 Å². The fourth-order valence-electron chi connectivity index (χ4n) is 2.36. The quantitative estimate of drug-likeness (QED) is 0.775. The van der Waals surface area contributed by atoms with Crippen molar-refractivity contribution in [3.8, 4) is 0 Å². The summed E-state index contributed by atoms with van der Waals surface area (Å²) in [4.78, 5) is 14.3. The number of rotatable bonds is 5. The molecule has 0 radical (unpaired) electrons. The lowest BCUT2D eigenvalue weighted by Crippen LogP contribution is -2.45. The smallest absolute Gasteiger partial charge is 0.199 e. The molecular formula is C14H16N2O4. The number of carbonyl (C=O) groups is 1. The summed E-state index contributed by atoms with van der Waals surface area (Å²) < 4.78 is 15.5. The van der Waals surface area contributed by atoms with Crippen LogP contribution in [0.4, 0.5) is 0 Å². The van der Waals surface area contributed by atoms with Crippen LogP contribution in [-0.4, -0.2) is 41.6 Å². The van der Waals surface area contributed by atoms with E-state index in [2.05, 4.69) is 10.1 Å². The van der Waals surface area contributed by atoms with E-state index in [-0.39, 0.29) is 11.8 Å². The van der Waals surface area contributed by atoms with Crippen molar-refractivity contribution in [2.45, 2.75) is 19.0 Å². The fourth-order valence-corrected chi connectivity index (χ4v) is 2.36. The standard InChI is InChI=1S/C14H16N2O4/c17-13(14-2-1-5-19-14)8-12-10-18-7-4-16(12)9-11-3-6-20-15-11/h1-3,5-6,12H,4,7-10H2/t12-/m1/s1. The van der Waals surface area contributed by atoms with Gasteiger partial charge < -0.3 is 13.7 Å². The van der Waals surface area contributed by atoms with Gasteiger partial charge in [-0.05, 0) is 12.1 Å². The second kappa shape index (κ2) is 6.02. The van der Waals surface area contributed by atoms with Crippen LogP contribution < -0.4 is 0 Å². The third-order valence-electron chi connectivity index (χ3n) is 3.42. The van der Waals surface area contributed by atoms with Crippen LogP contribution in [-0.2, 0) is 11.3 Å². The second-order valence-electron chi connectivity index (χ2n) is 4.79. The highest BCUT2D eigenvalue weighted by Gasteiger charge is 2.27. The third kappa shape index (κ3) is 2.97. The third-order valence-corrected chi connectivity index (χ3v) is 3.42. The molecule has 1 aliphatic heterocycles. The Morgan fingerprint density at radius 2 is 2.35 bits per heavy atom. The van der Waals surface area contributed by atoms with Gasteiger partial charge in [0.2, 0.25) is 0 Å². The molecule has 0 saturated carbocycles. The number of furan rings is 1. The van der Waals surface area contributed by atoms with Gasteiger partial charge in [-0.25, -0.2) is 0 Å². The molecule has 0 aromatic carbocycles. The van der Waals surface area contributed by atoms with Gasteiger partial charge in [-0.1, -0.05) is 5.16 Å². The highest BCUT2D eigenvalue weighted by Crippen LogP contribution is 2.17. The molecule has 20 heavy (non-hydrogen) atoms. The van der Waals surface area contributed by atoms with Crippen LogP contribution in [0.25, 0.3) is 0 Å². The molecule has 0 unspecified atom stereocenters. The van der Waals surface area contributed by atoms with E-state index in [1.54, 1.807) is 18.4 Å². The van der Waals surface area contributed by atoms with Crippen molar-refractivity contribution in [3.63, 3.8) is 0 Å². The molecule has 1 fully saturated rings. The van der Waals surface area contributed by atoms with E-state index in [0.717, 1.165) is 12.2 Å². The molecular weight excluding hydrogens is 260 g/mol. The number of morpholine rings is 1. The Hall–Kier alpha value is -1.92. The van der Waals surface area contributed by atoms with E-state index >= 15 is 0 Å².